The maximum atomic E-state index is 12.4. The van der Waals surface area contributed by atoms with Crippen LogP contribution < -0.4 is 10.6 Å². The van der Waals surface area contributed by atoms with E-state index in [-0.39, 0.29) is 17.2 Å². The Morgan fingerprint density at radius 2 is 1.91 bits per heavy atom. The molecule has 2 N–H and O–H groups in total. The quantitative estimate of drug-likeness (QED) is 0.908. The lowest BCUT2D eigenvalue weighted by molar-refractivity contribution is -0.117. The van der Waals surface area contributed by atoms with Crippen LogP contribution in [0.15, 0.2) is 48.5 Å². The Kier molecular flexibility index (Phi) is 3.90. The van der Waals surface area contributed by atoms with Gasteiger partial charge < -0.3 is 10.6 Å². The lowest BCUT2D eigenvalue weighted by Gasteiger charge is -2.24. The predicted octanol–water partition coefficient (Wildman–Crippen LogP) is 3.49. The van der Waals surface area contributed by atoms with Gasteiger partial charge in [-0.1, -0.05) is 44.2 Å². The van der Waals surface area contributed by atoms with Crippen LogP contribution in [0.3, 0.4) is 0 Å². The Hall–Kier alpha value is -2.62. The second-order valence-electron chi connectivity index (χ2n) is 6.57. The fourth-order valence-corrected chi connectivity index (χ4v) is 2.91. The maximum Gasteiger partial charge on any atom is 0.228 e. The van der Waals surface area contributed by atoms with E-state index >= 15 is 0 Å². The molecule has 0 aliphatic carbocycles. The molecule has 2 aromatic rings. The van der Waals surface area contributed by atoms with E-state index in [1.165, 1.54) is 0 Å². The first kappa shape index (κ1) is 15.3. The average Bonchev–Trinajstić information content (AvgIpc) is 2.87. The summed E-state index contributed by atoms with van der Waals surface area (Å²) in [6.07, 6.45) is 0.764. The van der Waals surface area contributed by atoms with E-state index < -0.39 is 0 Å². The fourth-order valence-electron chi connectivity index (χ4n) is 2.91. The van der Waals surface area contributed by atoms with Gasteiger partial charge >= 0.3 is 0 Å². The number of hydrogen-bond acceptors (Lipinski definition) is 2. The van der Waals surface area contributed by atoms with Gasteiger partial charge in [-0.05, 0) is 34.7 Å². The molecule has 0 atom stereocenters. The Morgan fingerprint density at radius 1 is 1.17 bits per heavy atom. The molecule has 0 bridgehead atoms. The Morgan fingerprint density at radius 3 is 2.65 bits per heavy atom. The molecular weight excluding hydrogens is 288 g/mol. The predicted molar refractivity (Wildman–Crippen MR) is 91.5 cm³/mol. The summed E-state index contributed by atoms with van der Waals surface area (Å²) >= 11 is 0. The molecule has 0 aromatic heterocycles. The molecule has 2 amide bonds. The van der Waals surface area contributed by atoms with Crippen LogP contribution in [-0.4, -0.2) is 11.8 Å². The van der Waals surface area contributed by atoms with Gasteiger partial charge in [-0.3, -0.25) is 9.59 Å². The van der Waals surface area contributed by atoms with Gasteiger partial charge in [-0.15, -0.1) is 0 Å². The van der Waals surface area contributed by atoms with Crippen LogP contribution in [0.5, 0.6) is 0 Å². The molecule has 1 aliphatic heterocycles. The van der Waals surface area contributed by atoms with Crippen LogP contribution in [0.25, 0.3) is 0 Å². The van der Waals surface area contributed by atoms with E-state index in [2.05, 4.69) is 24.5 Å². The summed E-state index contributed by atoms with van der Waals surface area (Å²) in [5.74, 6) is -0.0372. The van der Waals surface area contributed by atoms with Crippen LogP contribution in [0.2, 0.25) is 0 Å². The van der Waals surface area contributed by atoms with Crippen molar-refractivity contribution in [3.63, 3.8) is 0 Å². The highest BCUT2D eigenvalue weighted by Gasteiger charge is 2.24. The highest BCUT2D eigenvalue weighted by Crippen LogP contribution is 2.29. The van der Waals surface area contributed by atoms with Crippen molar-refractivity contribution in [1.82, 2.24) is 0 Å². The molecule has 3 rings (SSSR count). The van der Waals surface area contributed by atoms with Crippen molar-refractivity contribution in [3.8, 4) is 0 Å². The number of fused-ring (bicyclic) bond motifs is 1. The molecule has 0 radical (unpaired) electrons. The van der Waals surface area contributed by atoms with E-state index in [1.807, 2.05) is 48.5 Å². The molecule has 0 spiro atoms. The molecule has 0 fully saturated rings. The van der Waals surface area contributed by atoms with E-state index in [0.29, 0.717) is 12.8 Å². The number of carbonyl (C=O) groups excluding carboxylic acids is 2. The van der Waals surface area contributed by atoms with Crippen molar-refractivity contribution in [3.05, 3.63) is 59.7 Å². The van der Waals surface area contributed by atoms with Gasteiger partial charge in [0.1, 0.15) is 0 Å². The first-order chi connectivity index (χ1) is 10.9. The number of nitrogens with one attached hydrogen (secondary N) is 2. The number of rotatable bonds is 4. The zero-order valence-corrected chi connectivity index (χ0v) is 13.3. The van der Waals surface area contributed by atoms with Crippen LogP contribution in [0.1, 0.15) is 31.4 Å². The standard InChI is InChI=1S/C19H20N2O2/c1-19(2,14-6-4-3-5-7-14)12-18(23)20-15-8-9-16-13(10-15)11-17(22)21-16/h3-10H,11-12H2,1-2H3,(H,20,23)(H,21,22). The van der Waals surface area contributed by atoms with Crippen molar-refractivity contribution in [1.29, 1.82) is 0 Å². The van der Waals surface area contributed by atoms with Crippen LogP contribution in [0.4, 0.5) is 11.4 Å². The molecular formula is C19H20N2O2. The van der Waals surface area contributed by atoms with Crippen molar-refractivity contribution < 1.29 is 9.59 Å². The third kappa shape index (κ3) is 3.42. The first-order valence-corrected chi connectivity index (χ1v) is 7.72. The second-order valence-corrected chi connectivity index (χ2v) is 6.57. The molecule has 118 valence electrons. The minimum Gasteiger partial charge on any atom is -0.326 e. The summed E-state index contributed by atoms with van der Waals surface area (Å²) in [7, 11) is 0. The Labute approximate surface area is 135 Å². The smallest absolute Gasteiger partial charge is 0.228 e. The largest absolute Gasteiger partial charge is 0.326 e. The zero-order chi connectivity index (χ0) is 16.4. The number of benzene rings is 2. The molecule has 23 heavy (non-hydrogen) atoms. The van der Waals surface area contributed by atoms with Gasteiger partial charge in [0.15, 0.2) is 0 Å². The summed E-state index contributed by atoms with van der Waals surface area (Å²) in [5, 5.41) is 5.72. The number of carbonyl (C=O) groups is 2. The molecule has 4 nitrogen and oxygen atoms in total. The number of hydrogen-bond donors (Lipinski definition) is 2. The molecule has 1 heterocycles. The average molecular weight is 308 g/mol. The molecule has 1 aliphatic rings. The summed E-state index contributed by atoms with van der Waals surface area (Å²) in [4.78, 5) is 23.8. The molecule has 0 saturated carbocycles. The Balaban J connectivity index is 1.68. The topological polar surface area (TPSA) is 58.2 Å². The normalized spacial score (nSPS) is 13.4. The monoisotopic (exact) mass is 308 g/mol. The minimum absolute atomic E-state index is 0.00584. The summed E-state index contributed by atoms with van der Waals surface area (Å²) in [6.45, 7) is 4.13. The van der Waals surface area contributed by atoms with Crippen molar-refractivity contribution in [2.75, 3.05) is 10.6 Å². The van der Waals surface area contributed by atoms with E-state index in [0.717, 1.165) is 22.5 Å². The highest BCUT2D eigenvalue weighted by atomic mass is 16.2. The van der Waals surface area contributed by atoms with E-state index in [9.17, 15) is 9.59 Å². The fraction of sp³-hybridized carbons (Fsp3) is 0.263. The van der Waals surface area contributed by atoms with Gasteiger partial charge in [-0.25, -0.2) is 0 Å². The maximum absolute atomic E-state index is 12.4. The van der Waals surface area contributed by atoms with Gasteiger partial charge in [0.2, 0.25) is 11.8 Å². The Bertz CT molecular complexity index is 751. The van der Waals surface area contributed by atoms with E-state index in [1.54, 1.807) is 0 Å². The molecule has 2 aromatic carbocycles. The van der Waals surface area contributed by atoms with E-state index in [4.69, 9.17) is 0 Å². The number of amides is 2. The van der Waals surface area contributed by atoms with Crippen molar-refractivity contribution in [2.45, 2.75) is 32.1 Å². The third-order valence-electron chi connectivity index (χ3n) is 4.17. The minimum atomic E-state index is -0.237. The SMILES string of the molecule is CC(C)(CC(=O)Nc1ccc2c(c1)CC(=O)N2)c1ccccc1. The highest BCUT2D eigenvalue weighted by molar-refractivity contribution is 6.00. The van der Waals surface area contributed by atoms with Crippen molar-refractivity contribution >= 4 is 23.2 Å². The van der Waals surface area contributed by atoms with Gasteiger partial charge in [-0.2, -0.15) is 0 Å². The van der Waals surface area contributed by atoms with Crippen LogP contribution in [-0.2, 0) is 21.4 Å². The first-order valence-electron chi connectivity index (χ1n) is 7.72. The third-order valence-corrected chi connectivity index (χ3v) is 4.17. The van der Waals surface area contributed by atoms with Crippen molar-refractivity contribution in [2.24, 2.45) is 0 Å². The van der Waals surface area contributed by atoms with Gasteiger partial charge in [0.25, 0.3) is 0 Å². The number of anilines is 2. The summed E-state index contributed by atoms with van der Waals surface area (Å²) in [5.41, 5.74) is 3.39. The van der Waals surface area contributed by atoms with Gasteiger partial charge in [0, 0.05) is 17.8 Å². The second kappa shape index (κ2) is 5.88. The molecule has 0 saturated heterocycles. The zero-order valence-electron chi connectivity index (χ0n) is 13.3. The molecule has 0 unspecified atom stereocenters. The van der Waals surface area contributed by atoms with Crippen LogP contribution >= 0.6 is 0 Å². The lowest BCUT2D eigenvalue weighted by Crippen LogP contribution is -2.25. The summed E-state index contributed by atoms with van der Waals surface area (Å²) in [6, 6.07) is 15.5. The summed E-state index contributed by atoms with van der Waals surface area (Å²) < 4.78 is 0. The molecule has 4 heteroatoms. The van der Waals surface area contributed by atoms with Crippen LogP contribution in [0, 0.1) is 0 Å². The lowest BCUT2D eigenvalue weighted by atomic mass is 9.81. The van der Waals surface area contributed by atoms with Gasteiger partial charge in [0.05, 0.1) is 6.42 Å².